The van der Waals surface area contributed by atoms with E-state index in [0.717, 1.165) is 12.8 Å². The third kappa shape index (κ3) is 2.74. The topological polar surface area (TPSA) is 65.1 Å². The van der Waals surface area contributed by atoms with Gasteiger partial charge in [-0.25, -0.2) is 8.42 Å². The average molecular weight is 327 g/mol. The quantitative estimate of drug-likeness (QED) is 0.833. The highest BCUT2D eigenvalue weighted by Crippen LogP contribution is 2.38. The van der Waals surface area contributed by atoms with Crippen LogP contribution in [0.1, 0.15) is 12.8 Å². The van der Waals surface area contributed by atoms with Crippen molar-refractivity contribution >= 4 is 10.0 Å². The summed E-state index contributed by atoms with van der Waals surface area (Å²) >= 11 is 0. The third-order valence-electron chi connectivity index (χ3n) is 4.39. The average Bonchev–Trinajstić information content (AvgIpc) is 2.52. The van der Waals surface area contributed by atoms with Crippen molar-refractivity contribution in [1.29, 1.82) is 0 Å². The van der Waals surface area contributed by atoms with Gasteiger partial charge in [-0.3, -0.25) is 0 Å². The van der Waals surface area contributed by atoms with E-state index < -0.39 is 10.0 Å². The Morgan fingerprint density at radius 1 is 1.32 bits per heavy atom. The van der Waals surface area contributed by atoms with Gasteiger partial charge < -0.3 is 14.2 Å². The normalized spacial score (nSPS) is 24.9. The van der Waals surface area contributed by atoms with Gasteiger partial charge in [0.1, 0.15) is 5.75 Å². The fourth-order valence-electron chi connectivity index (χ4n) is 3.08. The summed E-state index contributed by atoms with van der Waals surface area (Å²) in [6.45, 7) is 1.38. The van der Waals surface area contributed by atoms with Crippen LogP contribution in [-0.2, 0) is 19.5 Å². The maximum atomic E-state index is 12.6. The standard InChI is InChI=1S/C15H21NO5S/c1-19-12-4-3-5-14(8-12)22(17,18)16-10-15(11-16)9-13(20-2)6-7-21-15/h3-5,8,13H,6-7,9-11H2,1-2H3/t13-/m1/s1. The molecule has 1 aromatic carbocycles. The first-order valence-electron chi connectivity index (χ1n) is 7.30. The minimum absolute atomic E-state index is 0.149. The van der Waals surface area contributed by atoms with Gasteiger partial charge in [0.05, 0.1) is 23.7 Å². The van der Waals surface area contributed by atoms with Gasteiger partial charge in [-0.1, -0.05) is 6.07 Å². The molecular formula is C15H21NO5S. The second kappa shape index (κ2) is 5.81. The van der Waals surface area contributed by atoms with E-state index in [-0.39, 0.29) is 16.6 Å². The number of hydrogen-bond acceptors (Lipinski definition) is 5. The van der Waals surface area contributed by atoms with Crippen LogP contribution in [-0.4, -0.2) is 58.3 Å². The van der Waals surface area contributed by atoms with Crippen LogP contribution in [0.4, 0.5) is 0 Å². The van der Waals surface area contributed by atoms with Crippen LogP contribution in [0.3, 0.4) is 0 Å². The molecule has 3 rings (SSSR count). The summed E-state index contributed by atoms with van der Waals surface area (Å²) in [4.78, 5) is 0.251. The summed E-state index contributed by atoms with van der Waals surface area (Å²) in [7, 11) is -0.295. The maximum Gasteiger partial charge on any atom is 0.243 e. The van der Waals surface area contributed by atoms with Crippen molar-refractivity contribution in [2.75, 3.05) is 33.9 Å². The van der Waals surface area contributed by atoms with E-state index in [1.807, 2.05) is 0 Å². The largest absolute Gasteiger partial charge is 0.497 e. The fraction of sp³-hybridized carbons (Fsp3) is 0.600. The third-order valence-corrected chi connectivity index (χ3v) is 6.18. The summed E-state index contributed by atoms with van der Waals surface area (Å²) in [5.74, 6) is 0.532. The second-order valence-electron chi connectivity index (χ2n) is 5.83. The maximum absolute atomic E-state index is 12.6. The van der Waals surface area contributed by atoms with Crippen LogP contribution in [0, 0.1) is 0 Å². The molecule has 7 heteroatoms. The molecule has 2 fully saturated rings. The lowest BCUT2D eigenvalue weighted by Crippen LogP contribution is -2.67. The van der Waals surface area contributed by atoms with E-state index in [1.165, 1.54) is 11.4 Å². The van der Waals surface area contributed by atoms with Crippen molar-refractivity contribution in [3.63, 3.8) is 0 Å². The molecular weight excluding hydrogens is 306 g/mol. The van der Waals surface area contributed by atoms with Crippen molar-refractivity contribution in [3.8, 4) is 5.75 Å². The van der Waals surface area contributed by atoms with E-state index in [1.54, 1.807) is 31.4 Å². The Morgan fingerprint density at radius 2 is 2.09 bits per heavy atom. The highest BCUT2D eigenvalue weighted by Gasteiger charge is 2.52. The Balaban J connectivity index is 1.73. The number of hydrogen-bond donors (Lipinski definition) is 0. The van der Waals surface area contributed by atoms with Gasteiger partial charge in [0, 0.05) is 39.3 Å². The lowest BCUT2D eigenvalue weighted by molar-refractivity contribution is -0.173. The zero-order chi connectivity index (χ0) is 15.8. The van der Waals surface area contributed by atoms with Crippen LogP contribution in [0.5, 0.6) is 5.75 Å². The molecule has 2 heterocycles. The molecule has 0 saturated carbocycles. The Hall–Kier alpha value is -1.15. The van der Waals surface area contributed by atoms with Crippen molar-refractivity contribution < 1.29 is 22.6 Å². The van der Waals surface area contributed by atoms with Gasteiger partial charge in [-0.05, 0) is 18.6 Å². The highest BCUT2D eigenvalue weighted by molar-refractivity contribution is 7.89. The van der Waals surface area contributed by atoms with Crippen LogP contribution in [0.2, 0.25) is 0 Å². The summed E-state index contributed by atoms with van der Waals surface area (Å²) in [6.07, 6.45) is 1.75. The highest BCUT2D eigenvalue weighted by atomic mass is 32.2. The molecule has 0 aliphatic carbocycles. The molecule has 1 atom stereocenters. The van der Waals surface area contributed by atoms with Crippen molar-refractivity contribution in [1.82, 2.24) is 4.31 Å². The lowest BCUT2D eigenvalue weighted by atomic mass is 9.86. The second-order valence-corrected chi connectivity index (χ2v) is 7.77. The number of nitrogens with zero attached hydrogens (tertiary/aromatic N) is 1. The van der Waals surface area contributed by atoms with Crippen LogP contribution < -0.4 is 4.74 Å². The van der Waals surface area contributed by atoms with Crippen LogP contribution in [0.25, 0.3) is 0 Å². The van der Waals surface area contributed by atoms with Crippen molar-refractivity contribution in [2.24, 2.45) is 0 Å². The van der Waals surface area contributed by atoms with Gasteiger partial charge in [-0.2, -0.15) is 4.31 Å². The van der Waals surface area contributed by atoms with Gasteiger partial charge >= 0.3 is 0 Å². The molecule has 0 radical (unpaired) electrons. The summed E-state index contributed by atoms with van der Waals surface area (Å²) in [5.41, 5.74) is -0.384. The van der Waals surface area contributed by atoms with E-state index in [0.29, 0.717) is 25.4 Å². The predicted octanol–water partition coefficient (Wildman–Crippen LogP) is 1.26. The molecule has 0 amide bonds. The summed E-state index contributed by atoms with van der Waals surface area (Å²) < 4.78 is 43.1. The molecule has 1 spiro atoms. The van der Waals surface area contributed by atoms with Gasteiger partial charge in [0.2, 0.25) is 10.0 Å². The molecule has 0 N–H and O–H groups in total. The number of rotatable bonds is 4. The number of benzene rings is 1. The minimum atomic E-state index is -3.50. The SMILES string of the molecule is COc1cccc(S(=O)(=O)N2CC3(C[C@H](OC)CCO3)C2)c1. The van der Waals surface area contributed by atoms with Crippen LogP contribution in [0.15, 0.2) is 29.2 Å². The molecule has 122 valence electrons. The van der Waals surface area contributed by atoms with E-state index in [4.69, 9.17) is 14.2 Å². The Bertz CT molecular complexity index is 639. The zero-order valence-electron chi connectivity index (χ0n) is 12.8. The van der Waals surface area contributed by atoms with Crippen molar-refractivity contribution in [2.45, 2.75) is 29.4 Å². The predicted molar refractivity (Wildman–Crippen MR) is 80.5 cm³/mol. The minimum Gasteiger partial charge on any atom is -0.497 e. The fourth-order valence-corrected chi connectivity index (χ4v) is 4.71. The summed E-state index contributed by atoms with van der Waals surface area (Å²) in [5, 5.41) is 0. The first-order chi connectivity index (χ1) is 10.5. The Kier molecular flexibility index (Phi) is 4.15. The Labute approximate surface area is 131 Å². The zero-order valence-corrected chi connectivity index (χ0v) is 13.6. The molecule has 0 unspecified atom stereocenters. The molecule has 0 aromatic heterocycles. The number of ether oxygens (including phenoxy) is 3. The van der Waals surface area contributed by atoms with Crippen LogP contribution >= 0.6 is 0 Å². The molecule has 6 nitrogen and oxygen atoms in total. The van der Waals surface area contributed by atoms with Gasteiger partial charge in [0.25, 0.3) is 0 Å². The summed E-state index contributed by atoms with van der Waals surface area (Å²) in [6, 6.07) is 6.53. The molecule has 2 saturated heterocycles. The monoisotopic (exact) mass is 327 g/mol. The molecule has 0 bridgehead atoms. The first-order valence-corrected chi connectivity index (χ1v) is 8.74. The van der Waals surface area contributed by atoms with E-state index >= 15 is 0 Å². The van der Waals surface area contributed by atoms with Gasteiger partial charge in [0.15, 0.2) is 0 Å². The van der Waals surface area contributed by atoms with E-state index in [9.17, 15) is 8.42 Å². The number of sulfonamides is 1. The molecule has 2 aliphatic heterocycles. The lowest BCUT2D eigenvalue weighted by Gasteiger charge is -2.51. The molecule has 2 aliphatic rings. The molecule has 22 heavy (non-hydrogen) atoms. The number of methoxy groups -OCH3 is 2. The van der Waals surface area contributed by atoms with Crippen molar-refractivity contribution in [3.05, 3.63) is 24.3 Å². The van der Waals surface area contributed by atoms with Gasteiger partial charge in [-0.15, -0.1) is 0 Å². The smallest absolute Gasteiger partial charge is 0.243 e. The molecule has 1 aromatic rings. The van der Waals surface area contributed by atoms with E-state index in [2.05, 4.69) is 0 Å². The Morgan fingerprint density at radius 3 is 2.77 bits per heavy atom. The first kappa shape index (κ1) is 15.7.